The molecule has 2 nitrogen and oxygen atoms in total. The summed E-state index contributed by atoms with van der Waals surface area (Å²) in [4.78, 5) is 0. The highest BCUT2D eigenvalue weighted by Crippen LogP contribution is 2.50. The van der Waals surface area contributed by atoms with E-state index in [0.29, 0.717) is 5.92 Å². The van der Waals surface area contributed by atoms with Crippen LogP contribution < -0.4 is 4.74 Å². The monoisotopic (exact) mass is 252 g/mol. The summed E-state index contributed by atoms with van der Waals surface area (Å²) >= 11 is 0. The van der Waals surface area contributed by atoms with Gasteiger partial charge in [0.15, 0.2) is 0 Å². The van der Waals surface area contributed by atoms with Gasteiger partial charge in [0.05, 0.1) is 6.10 Å². The molecule has 0 radical (unpaired) electrons. The molecule has 2 aromatic rings. The van der Waals surface area contributed by atoms with Crippen LogP contribution in [0.5, 0.6) is 5.75 Å². The lowest BCUT2D eigenvalue weighted by Crippen LogP contribution is -2.27. The van der Waals surface area contributed by atoms with E-state index in [1.807, 2.05) is 18.2 Å². The Kier molecular flexibility index (Phi) is 2.56. The van der Waals surface area contributed by atoms with Gasteiger partial charge in [-0.15, -0.1) is 0 Å². The van der Waals surface area contributed by atoms with E-state index in [1.54, 1.807) is 0 Å². The van der Waals surface area contributed by atoms with Crippen molar-refractivity contribution in [1.29, 1.82) is 0 Å². The van der Waals surface area contributed by atoms with E-state index < -0.39 is 0 Å². The Balaban J connectivity index is 1.79. The molecular formula is C17H16O2. The maximum Gasteiger partial charge on any atom is 0.129 e. The molecule has 0 aliphatic carbocycles. The molecule has 0 amide bonds. The largest absolute Gasteiger partial charge is 0.485 e. The number of para-hydroxylation sites is 1. The normalized spacial score (nSPS) is 28.3. The van der Waals surface area contributed by atoms with E-state index in [-0.39, 0.29) is 12.2 Å². The third kappa shape index (κ3) is 1.75. The van der Waals surface area contributed by atoms with Gasteiger partial charge >= 0.3 is 0 Å². The SMILES string of the molecule is c1ccc([C@H]2Oc3ccccc3[C@H]3OCC[C@H]23)cc1. The number of benzene rings is 2. The van der Waals surface area contributed by atoms with Crippen LogP contribution in [0.25, 0.3) is 0 Å². The Hall–Kier alpha value is -1.80. The molecule has 2 heteroatoms. The second-order valence-electron chi connectivity index (χ2n) is 5.23. The molecular weight excluding hydrogens is 236 g/mol. The summed E-state index contributed by atoms with van der Waals surface area (Å²) < 4.78 is 12.2. The van der Waals surface area contributed by atoms with E-state index in [0.717, 1.165) is 18.8 Å². The molecule has 0 aromatic heterocycles. The minimum Gasteiger partial charge on any atom is -0.485 e. The maximum atomic E-state index is 6.25. The average Bonchev–Trinajstić information content (AvgIpc) is 2.97. The lowest BCUT2D eigenvalue weighted by atomic mass is 9.84. The van der Waals surface area contributed by atoms with Gasteiger partial charge in [-0.2, -0.15) is 0 Å². The topological polar surface area (TPSA) is 18.5 Å². The summed E-state index contributed by atoms with van der Waals surface area (Å²) in [5, 5.41) is 0. The van der Waals surface area contributed by atoms with Crippen molar-refractivity contribution < 1.29 is 9.47 Å². The van der Waals surface area contributed by atoms with Gasteiger partial charge in [0.1, 0.15) is 11.9 Å². The summed E-state index contributed by atoms with van der Waals surface area (Å²) in [6.45, 7) is 0.830. The van der Waals surface area contributed by atoms with Crippen molar-refractivity contribution >= 4 is 0 Å². The van der Waals surface area contributed by atoms with Crippen molar-refractivity contribution in [2.45, 2.75) is 18.6 Å². The van der Waals surface area contributed by atoms with Gasteiger partial charge < -0.3 is 9.47 Å². The third-order valence-electron chi connectivity index (χ3n) is 4.13. The van der Waals surface area contributed by atoms with Crippen molar-refractivity contribution in [3.05, 3.63) is 65.7 Å². The van der Waals surface area contributed by atoms with Gasteiger partial charge in [-0.1, -0.05) is 48.5 Å². The molecule has 2 aliphatic rings. The van der Waals surface area contributed by atoms with Gasteiger partial charge in [0.25, 0.3) is 0 Å². The molecule has 4 rings (SSSR count). The minimum absolute atomic E-state index is 0.114. The van der Waals surface area contributed by atoms with E-state index in [2.05, 4.69) is 36.4 Å². The van der Waals surface area contributed by atoms with Crippen LogP contribution in [-0.4, -0.2) is 6.61 Å². The molecule has 0 N–H and O–H groups in total. The van der Waals surface area contributed by atoms with Gasteiger partial charge in [0.2, 0.25) is 0 Å². The van der Waals surface area contributed by atoms with Gasteiger partial charge in [-0.05, 0) is 18.1 Å². The second-order valence-corrected chi connectivity index (χ2v) is 5.23. The van der Waals surface area contributed by atoms with Crippen LogP contribution >= 0.6 is 0 Å². The summed E-state index contributed by atoms with van der Waals surface area (Å²) in [6, 6.07) is 18.7. The fourth-order valence-electron chi connectivity index (χ4n) is 3.24. The van der Waals surface area contributed by atoms with Crippen LogP contribution in [0.15, 0.2) is 54.6 Å². The van der Waals surface area contributed by atoms with E-state index in [9.17, 15) is 0 Å². The first-order chi connectivity index (χ1) is 9.43. The van der Waals surface area contributed by atoms with Crippen LogP contribution in [0.3, 0.4) is 0 Å². The first-order valence-corrected chi connectivity index (χ1v) is 6.85. The molecule has 1 fully saturated rings. The molecule has 0 spiro atoms. The number of hydrogen-bond donors (Lipinski definition) is 0. The zero-order valence-electron chi connectivity index (χ0n) is 10.7. The Labute approximate surface area is 113 Å². The van der Waals surface area contributed by atoms with Gasteiger partial charge in [-0.3, -0.25) is 0 Å². The fraction of sp³-hybridized carbons (Fsp3) is 0.294. The maximum absolute atomic E-state index is 6.25. The smallest absolute Gasteiger partial charge is 0.129 e. The zero-order valence-corrected chi connectivity index (χ0v) is 10.7. The lowest BCUT2D eigenvalue weighted by Gasteiger charge is -2.35. The summed E-state index contributed by atoms with van der Waals surface area (Å²) in [5.74, 6) is 1.40. The molecule has 0 saturated carbocycles. The van der Waals surface area contributed by atoms with E-state index >= 15 is 0 Å². The van der Waals surface area contributed by atoms with Crippen molar-refractivity contribution in [3.63, 3.8) is 0 Å². The quantitative estimate of drug-likeness (QED) is 0.766. The van der Waals surface area contributed by atoms with E-state index in [4.69, 9.17) is 9.47 Å². The number of fused-ring (bicyclic) bond motifs is 3. The summed E-state index contributed by atoms with van der Waals surface area (Å²) in [5.41, 5.74) is 2.45. The molecule has 2 aromatic carbocycles. The van der Waals surface area contributed by atoms with Crippen LogP contribution in [0.4, 0.5) is 0 Å². The Morgan fingerprint density at radius 2 is 1.63 bits per heavy atom. The Bertz CT molecular complexity index is 579. The predicted octanol–water partition coefficient (Wildman–Crippen LogP) is 3.90. The molecule has 96 valence electrons. The van der Waals surface area contributed by atoms with Crippen LogP contribution in [0.2, 0.25) is 0 Å². The highest BCUT2D eigenvalue weighted by molar-refractivity contribution is 5.40. The predicted molar refractivity (Wildman–Crippen MR) is 73.1 cm³/mol. The van der Waals surface area contributed by atoms with Crippen LogP contribution in [0.1, 0.15) is 29.8 Å². The highest BCUT2D eigenvalue weighted by atomic mass is 16.5. The molecule has 19 heavy (non-hydrogen) atoms. The van der Waals surface area contributed by atoms with Crippen LogP contribution in [0, 0.1) is 5.92 Å². The molecule has 2 heterocycles. The fourth-order valence-corrected chi connectivity index (χ4v) is 3.24. The van der Waals surface area contributed by atoms with E-state index in [1.165, 1.54) is 11.1 Å². The molecule has 2 aliphatic heterocycles. The third-order valence-corrected chi connectivity index (χ3v) is 4.13. The van der Waals surface area contributed by atoms with Crippen molar-refractivity contribution in [3.8, 4) is 5.75 Å². The molecule has 3 atom stereocenters. The van der Waals surface area contributed by atoms with Crippen molar-refractivity contribution in [1.82, 2.24) is 0 Å². The van der Waals surface area contributed by atoms with Gasteiger partial charge in [0, 0.05) is 18.1 Å². The average molecular weight is 252 g/mol. The van der Waals surface area contributed by atoms with Gasteiger partial charge in [-0.25, -0.2) is 0 Å². The first kappa shape index (κ1) is 11.1. The number of ether oxygens (including phenoxy) is 2. The van der Waals surface area contributed by atoms with Crippen molar-refractivity contribution in [2.24, 2.45) is 5.92 Å². The summed E-state index contributed by atoms with van der Waals surface area (Å²) in [7, 11) is 0. The summed E-state index contributed by atoms with van der Waals surface area (Å²) in [6.07, 6.45) is 1.37. The lowest BCUT2D eigenvalue weighted by molar-refractivity contribution is 0.0184. The Morgan fingerprint density at radius 1 is 0.842 bits per heavy atom. The standard InChI is InChI=1S/C17H16O2/c1-2-6-12(7-3-1)16-14-10-11-18-17(14)13-8-4-5-9-15(13)19-16/h1-9,14,16-17H,10-11H2/t14-,16-,17-/m1/s1. The molecule has 0 unspecified atom stereocenters. The first-order valence-electron chi connectivity index (χ1n) is 6.85. The van der Waals surface area contributed by atoms with Crippen molar-refractivity contribution in [2.75, 3.05) is 6.61 Å². The Morgan fingerprint density at radius 3 is 2.53 bits per heavy atom. The zero-order chi connectivity index (χ0) is 12.7. The molecule has 1 saturated heterocycles. The number of hydrogen-bond acceptors (Lipinski definition) is 2. The second kappa shape index (κ2) is 4.39. The highest BCUT2D eigenvalue weighted by Gasteiger charge is 2.42. The number of rotatable bonds is 1. The van der Waals surface area contributed by atoms with Crippen LogP contribution in [-0.2, 0) is 4.74 Å². The minimum atomic E-state index is 0.114. The molecule has 0 bridgehead atoms.